The van der Waals surface area contributed by atoms with Gasteiger partial charge in [0.15, 0.2) is 0 Å². The molecule has 3 nitrogen and oxygen atoms in total. The maximum Gasteiger partial charge on any atom is 0.417 e. The minimum Gasteiger partial charge on any atom is -0.478 e. The number of carboxylic acid groups (broad SMARTS) is 1. The van der Waals surface area contributed by atoms with Crippen molar-refractivity contribution in [1.29, 1.82) is 0 Å². The Morgan fingerprint density at radius 1 is 1.38 bits per heavy atom. The molecule has 0 spiro atoms. The molecule has 0 bridgehead atoms. The Labute approximate surface area is 128 Å². The van der Waals surface area contributed by atoms with Gasteiger partial charge in [-0.1, -0.05) is 0 Å². The van der Waals surface area contributed by atoms with Crippen LogP contribution in [0.2, 0.25) is 0 Å². The first-order chi connectivity index (χ1) is 9.88. The highest BCUT2D eigenvalue weighted by Crippen LogP contribution is 2.34. The molecule has 1 aliphatic rings. The topological polar surface area (TPSA) is 49.3 Å². The highest BCUT2D eigenvalue weighted by atomic mass is 32.2. The van der Waals surface area contributed by atoms with Crippen LogP contribution in [-0.2, 0) is 6.18 Å². The number of rotatable bonds is 4. The summed E-state index contributed by atoms with van der Waals surface area (Å²) in [6, 6.07) is 3.24. The van der Waals surface area contributed by atoms with Gasteiger partial charge in [-0.2, -0.15) is 36.7 Å². The molecule has 0 amide bonds. The lowest BCUT2D eigenvalue weighted by atomic mass is 10.1. The van der Waals surface area contributed by atoms with Crippen LogP contribution in [0.5, 0.6) is 0 Å². The van der Waals surface area contributed by atoms with Gasteiger partial charge < -0.3 is 10.4 Å². The van der Waals surface area contributed by atoms with Crippen molar-refractivity contribution in [3.63, 3.8) is 0 Å². The number of anilines is 1. The Morgan fingerprint density at radius 2 is 2.14 bits per heavy atom. The Morgan fingerprint density at radius 3 is 2.71 bits per heavy atom. The molecule has 2 rings (SSSR count). The van der Waals surface area contributed by atoms with Crippen LogP contribution in [0.1, 0.15) is 15.9 Å². The zero-order valence-corrected chi connectivity index (χ0v) is 12.6. The molecule has 1 aliphatic heterocycles. The number of carbonyl (C=O) groups is 1. The van der Waals surface area contributed by atoms with Gasteiger partial charge in [0.25, 0.3) is 0 Å². The quantitative estimate of drug-likeness (QED) is 0.878. The minimum absolute atomic E-state index is 0.295. The third-order valence-corrected chi connectivity index (χ3v) is 5.82. The van der Waals surface area contributed by atoms with Gasteiger partial charge in [0, 0.05) is 34.7 Å². The van der Waals surface area contributed by atoms with Crippen LogP contribution in [0.15, 0.2) is 18.2 Å². The molecule has 1 aromatic rings. The predicted molar refractivity (Wildman–Crippen MR) is 80.5 cm³/mol. The Balaban J connectivity index is 2.11. The standard InChI is InChI=1S/C13H14F3NO2S2/c14-13(15,16)11-5-8(1-2-10(11)12(18)19)17-6-9-7-20-3-4-21-9/h1-2,5,9,17H,3-4,6-7H2,(H,18,19). The van der Waals surface area contributed by atoms with Gasteiger partial charge in [0.1, 0.15) is 0 Å². The summed E-state index contributed by atoms with van der Waals surface area (Å²) in [6.07, 6.45) is -4.68. The molecule has 0 saturated carbocycles. The van der Waals surface area contributed by atoms with Crippen molar-refractivity contribution in [2.24, 2.45) is 0 Å². The molecule has 1 unspecified atom stereocenters. The second-order valence-electron chi connectivity index (χ2n) is 4.51. The molecule has 0 aromatic heterocycles. The zero-order valence-electron chi connectivity index (χ0n) is 10.9. The first kappa shape index (κ1) is 16.4. The summed E-state index contributed by atoms with van der Waals surface area (Å²) in [7, 11) is 0. The monoisotopic (exact) mass is 337 g/mol. The molecule has 0 radical (unpaired) electrons. The normalized spacial score (nSPS) is 19.3. The van der Waals surface area contributed by atoms with E-state index in [4.69, 9.17) is 5.11 Å². The molecule has 116 valence electrons. The smallest absolute Gasteiger partial charge is 0.417 e. The van der Waals surface area contributed by atoms with Crippen molar-refractivity contribution in [2.45, 2.75) is 11.4 Å². The fourth-order valence-corrected chi connectivity index (χ4v) is 4.57. The van der Waals surface area contributed by atoms with E-state index in [0.29, 0.717) is 17.5 Å². The fourth-order valence-electron chi connectivity index (χ4n) is 1.96. The van der Waals surface area contributed by atoms with E-state index in [-0.39, 0.29) is 0 Å². The number of nitrogens with one attached hydrogen (secondary N) is 1. The average molecular weight is 337 g/mol. The lowest BCUT2D eigenvalue weighted by Crippen LogP contribution is -2.23. The van der Waals surface area contributed by atoms with Crippen LogP contribution >= 0.6 is 23.5 Å². The number of aromatic carboxylic acids is 1. The number of thioether (sulfide) groups is 2. The van der Waals surface area contributed by atoms with Gasteiger partial charge in [0.2, 0.25) is 0 Å². The maximum atomic E-state index is 12.9. The molecular formula is C13H14F3NO2S2. The van der Waals surface area contributed by atoms with E-state index in [9.17, 15) is 18.0 Å². The van der Waals surface area contributed by atoms with Crippen molar-refractivity contribution in [2.75, 3.05) is 29.1 Å². The van der Waals surface area contributed by atoms with Gasteiger partial charge in [-0.25, -0.2) is 4.79 Å². The zero-order chi connectivity index (χ0) is 15.5. The average Bonchev–Trinajstić information content (AvgIpc) is 2.45. The highest BCUT2D eigenvalue weighted by Gasteiger charge is 2.35. The Hall–Kier alpha value is -1.02. The number of alkyl halides is 3. The molecule has 1 aromatic carbocycles. The summed E-state index contributed by atoms with van der Waals surface area (Å²) in [4.78, 5) is 10.9. The van der Waals surface area contributed by atoms with Crippen LogP contribution < -0.4 is 5.32 Å². The number of benzene rings is 1. The van der Waals surface area contributed by atoms with Gasteiger partial charge in [-0.15, -0.1) is 0 Å². The number of carboxylic acids is 1. The predicted octanol–water partition coefficient (Wildman–Crippen LogP) is 3.66. The SMILES string of the molecule is O=C(O)c1ccc(NCC2CSCCS2)cc1C(F)(F)F. The van der Waals surface area contributed by atoms with Crippen molar-refractivity contribution >= 4 is 35.2 Å². The fraction of sp³-hybridized carbons (Fsp3) is 0.462. The third kappa shape index (κ3) is 4.47. The van der Waals surface area contributed by atoms with Crippen LogP contribution in [-0.4, -0.2) is 40.1 Å². The maximum absolute atomic E-state index is 12.9. The number of hydrogen-bond donors (Lipinski definition) is 2. The molecule has 1 saturated heterocycles. The van der Waals surface area contributed by atoms with E-state index in [1.807, 2.05) is 11.8 Å². The van der Waals surface area contributed by atoms with E-state index in [2.05, 4.69) is 5.32 Å². The van der Waals surface area contributed by atoms with E-state index >= 15 is 0 Å². The summed E-state index contributed by atoms with van der Waals surface area (Å²) in [6.45, 7) is 0.571. The Kier molecular flexibility index (Phi) is 5.32. The van der Waals surface area contributed by atoms with Crippen LogP contribution in [0.3, 0.4) is 0 Å². The van der Waals surface area contributed by atoms with Gasteiger partial charge in [0.05, 0.1) is 11.1 Å². The van der Waals surface area contributed by atoms with Crippen molar-refractivity contribution < 1.29 is 23.1 Å². The summed E-state index contributed by atoms with van der Waals surface area (Å²) in [5.74, 6) is 1.54. The summed E-state index contributed by atoms with van der Waals surface area (Å²) in [5.41, 5.74) is -1.55. The van der Waals surface area contributed by atoms with Crippen LogP contribution in [0, 0.1) is 0 Å². The number of halogens is 3. The minimum atomic E-state index is -4.68. The second kappa shape index (κ2) is 6.83. The summed E-state index contributed by atoms with van der Waals surface area (Å²) in [5, 5.41) is 12.2. The Bertz CT molecular complexity index is 517. The van der Waals surface area contributed by atoms with Gasteiger partial charge in [-0.05, 0) is 18.2 Å². The largest absolute Gasteiger partial charge is 0.478 e. The van der Waals surface area contributed by atoms with E-state index in [0.717, 1.165) is 29.4 Å². The summed E-state index contributed by atoms with van der Waals surface area (Å²) < 4.78 is 38.7. The van der Waals surface area contributed by atoms with Gasteiger partial charge in [-0.3, -0.25) is 0 Å². The first-order valence-corrected chi connectivity index (χ1v) is 8.46. The molecule has 1 atom stereocenters. The van der Waals surface area contributed by atoms with Crippen molar-refractivity contribution in [1.82, 2.24) is 0 Å². The molecule has 1 heterocycles. The molecule has 21 heavy (non-hydrogen) atoms. The lowest BCUT2D eigenvalue weighted by Gasteiger charge is -2.22. The molecular weight excluding hydrogens is 323 g/mol. The molecule has 0 aliphatic carbocycles. The van der Waals surface area contributed by atoms with E-state index in [1.54, 1.807) is 11.8 Å². The van der Waals surface area contributed by atoms with Crippen molar-refractivity contribution in [3.8, 4) is 0 Å². The molecule has 8 heteroatoms. The first-order valence-electron chi connectivity index (χ1n) is 6.25. The van der Waals surface area contributed by atoms with Crippen molar-refractivity contribution in [3.05, 3.63) is 29.3 Å². The molecule has 1 fully saturated rings. The molecule has 2 N–H and O–H groups in total. The van der Waals surface area contributed by atoms with E-state index < -0.39 is 23.3 Å². The number of hydrogen-bond acceptors (Lipinski definition) is 4. The van der Waals surface area contributed by atoms with E-state index in [1.165, 1.54) is 6.07 Å². The van der Waals surface area contributed by atoms with Gasteiger partial charge >= 0.3 is 12.1 Å². The summed E-state index contributed by atoms with van der Waals surface area (Å²) >= 11 is 3.63. The lowest BCUT2D eigenvalue weighted by molar-refractivity contribution is -0.138. The van der Waals surface area contributed by atoms with Crippen LogP contribution in [0.25, 0.3) is 0 Å². The van der Waals surface area contributed by atoms with Crippen LogP contribution in [0.4, 0.5) is 18.9 Å². The second-order valence-corrected chi connectivity index (χ2v) is 7.07. The highest BCUT2D eigenvalue weighted by molar-refractivity contribution is 8.06. The third-order valence-electron chi connectivity index (χ3n) is 2.97.